The smallest absolute Gasteiger partial charge is 0.408 e. The number of aliphatic carboxylic acids is 1. The molecule has 1 fully saturated rings. The van der Waals surface area contributed by atoms with Crippen LogP contribution >= 0.6 is 0 Å². The van der Waals surface area contributed by atoms with Crippen LogP contribution in [0.3, 0.4) is 0 Å². The Kier molecular flexibility index (Phi) is 6.74. The Morgan fingerprint density at radius 2 is 1.60 bits per heavy atom. The maximum absolute atomic E-state index is 12.7. The van der Waals surface area contributed by atoms with E-state index in [1.807, 2.05) is 36.4 Å². The Morgan fingerprint density at radius 3 is 2.17 bits per heavy atom. The first-order valence-corrected chi connectivity index (χ1v) is 11.9. The molecule has 2 aliphatic rings. The molecule has 1 saturated carbocycles. The van der Waals surface area contributed by atoms with Gasteiger partial charge in [-0.2, -0.15) is 0 Å². The molecule has 2 amide bonds. The molecule has 0 bridgehead atoms. The summed E-state index contributed by atoms with van der Waals surface area (Å²) in [7, 11) is 0. The maximum atomic E-state index is 12.7. The third-order valence-corrected chi connectivity index (χ3v) is 6.64. The Balaban J connectivity index is 1.36. The number of carboxylic acids is 1. The van der Waals surface area contributed by atoms with Gasteiger partial charge in [-0.1, -0.05) is 48.5 Å². The minimum Gasteiger partial charge on any atom is -0.480 e. The van der Waals surface area contributed by atoms with Crippen LogP contribution in [0.1, 0.15) is 57.1 Å². The number of amides is 2. The number of hydrogen-bond acceptors (Lipinski definition) is 5. The molecular weight excluding hydrogens is 448 g/mol. The van der Waals surface area contributed by atoms with Crippen LogP contribution in [-0.2, 0) is 14.3 Å². The van der Waals surface area contributed by atoms with Gasteiger partial charge in [0.2, 0.25) is 0 Å². The molecule has 0 radical (unpaired) electrons. The highest BCUT2D eigenvalue weighted by Crippen LogP contribution is 2.44. The van der Waals surface area contributed by atoms with Gasteiger partial charge in [-0.15, -0.1) is 0 Å². The number of fused-ring (bicyclic) bond motifs is 3. The average molecular weight is 481 g/mol. The zero-order valence-electron chi connectivity index (χ0n) is 20.3. The van der Waals surface area contributed by atoms with Gasteiger partial charge >= 0.3 is 18.2 Å². The molecule has 2 aliphatic carbocycles. The van der Waals surface area contributed by atoms with E-state index in [1.54, 1.807) is 20.8 Å². The summed E-state index contributed by atoms with van der Waals surface area (Å²) in [5.41, 5.74) is 2.37. The lowest BCUT2D eigenvalue weighted by molar-refractivity contribution is -0.144. The van der Waals surface area contributed by atoms with Crippen molar-refractivity contribution in [3.63, 3.8) is 0 Å². The van der Waals surface area contributed by atoms with Crippen LogP contribution < -0.4 is 10.6 Å². The molecule has 3 N–H and O–H groups in total. The highest BCUT2D eigenvalue weighted by Gasteiger charge is 2.47. The van der Waals surface area contributed by atoms with Crippen molar-refractivity contribution in [2.45, 2.75) is 57.1 Å². The summed E-state index contributed by atoms with van der Waals surface area (Å²) < 4.78 is 10.8. The SMILES string of the molecule is CC(C)(C)OC(=O)NCC1CCC(NC(=O)OCC2c3ccccc3-c3ccccc32)(C(=O)O)C1. The van der Waals surface area contributed by atoms with Crippen LogP contribution in [-0.4, -0.2) is 47.6 Å². The summed E-state index contributed by atoms with van der Waals surface area (Å²) >= 11 is 0. The van der Waals surface area contributed by atoms with E-state index in [1.165, 1.54) is 0 Å². The first-order valence-electron chi connectivity index (χ1n) is 11.9. The molecule has 0 heterocycles. The van der Waals surface area contributed by atoms with Crippen LogP contribution in [0.15, 0.2) is 48.5 Å². The Hall–Kier alpha value is -3.55. The third kappa shape index (κ3) is 5.42. The van der Waals surface area contributed by atoms with E-state index in [9.17, 15) is 19.5 Å². The van der Waals surface area contributed by atoms with Crippen molar-refractivity contribution >= 4 is 18.2 Å². The molecule has 2 aromatic carbocycles. The predicted octanol–water partition coefficient (Wildman–Crippen LogP) is 4.67. The molecule has 35 heavy (non-hydrogen) atoms. The van der Waals surface area contributed by atoms with Crippen molar-refractivity contribution in [3.05, 3.63) is 59.7 Å². The van der Waals surface area contributed by atoms with Crippen LogP contribution in [0.4, 0.5) is 9.59 Å². The van der Waals surface area contributed by atoms with Gasteiger partial charge in [-0.3, -0.25) is 0 Å². The largest absolute Gasteiger partial charge is 0.480 e. The molecular formula is C27H32N2O6. The summed E-state index contributed by atoms with van der Waals surface area (Å²) in [4.78, 5) is 36.8. The maximum Gasteiger partial charge on any atom is 0.408 e. The first kappa shape index (κ1) is 24.6. The summed E-state index contributed by atoms with van der Waals surface area (Å²) in [6, 6.07) is 16.0. The summed E-state index contributed by atoms with van der Waals surface area (Å²) in [6.07, 6.45) is -0.300. The highest BCUT2D eigenvalue weighted by atomic mass is 16.6. The standard InChI is InChI=1S/C27H32N2O6/c1-26(2,3)35-24(32)28-15-17-12-13-27(14-17,23(30)31)29-25(33)34-16-22-20-10-6-4-8-18(20)19-9-5-7-11-21(19)22/h4-11,17,22H,12-16H2,1-3H3,(H,28,32)(H,29,33)(H,30,31). The molecule has 8 heteroatoms. The lowest BCUT2D eigenvalue weighted by Gasteiger charge is -2.26. The van der Waals surface area contributed by atoms with Crippen molar-refractivity contribution in [2.24, 2.45) is 5.92 Å². The number of carbonyl (C=O) groups excluding carboxylic acids is 2. The number of ether oxygens (including phenoxy) is 2. The molecule has 4 rings (SSSR count). The minimum absolute atomic E-state index is 0.104. The summed E-state index contributed by atoms with van der Waals surface area (Å²) in [5, 5.41) is 15.2. The van der Waals surface area contributed by atoms with Gasteiger partial charge < -0.3 is 25.2 Å². The van der Waals surface area contributed by atoms with E-state index in [4.69, 9.17) is 9.47 Å². The zero-order valence-corrected chi connectivity index (χ0v) is 20.3. The van der Waals surface area contributed by atoms with Crippen molar-refractivity contribution < 1.29 is 29.0 Å². The number of rotatable bonds is 6. The number of carboxylic acid groups (broad SMARTS) is 1. The second-order valence-corrected chi connectivity index (χ2v) is 10.3. The zero-order chi connectivity index (χ0) is 25.2. The van der Waals surface area contributed by atoms with Crippen molar-refractivity contribution in [3.8, 4) is 11.1 Å². The number of carbonyl (C=O) groups is 3. The quantitative estimate of drug-likeness (QED) is 0.554. The molecule has 2 aromatic rings. The molecule has 2 unspecified atom stereocenters. The fourth-order valence-electron chi connectivity index (χ4n) is 5.05. The van der Waals surface area contributed by atoms with Gasteiger partial charge in [0.05, 0.1) is 0 Å². The topological polar surface area (TPSA) is 114 Å². The van der Waals surface area contributed by atoms with Crippen molar-refractivity contribution in [1.82, 2.24) is 10.6 Å². The minimum atomic E-state index is -1.43. The number of nitrogens with one attached hydrogen (secondary N) is 2. The fraction of sp³-hybridized carbons (Fsp3) is 0.444. The number of alkyl carbamates (subject to hydrolysis) is 2. The van der Waals surface area contributed by atoms with Crippen LogP contribution in [0.25, 0.3) is 11.1 Å². The monoisotopic (exact) mass is 480 g/mol. The predicted molar refractivity (Wildman–Crippen MR) is 130 cm³/mol. The van der Waals surface area contributed by atoms with Crippen LogP contribution in [0, 0.1) is 5.92 Å². The van der Waals surface area contributed by atoms with E-state index in [2.05, 4.69) is 22.8 Å². The van der Waals surface area contributed by atoms with Gasteiger partial charge in [0.1, 0.15) is 17.7 Å². The van der Waals surface area contributed by atoms with Gasteiger partial charge in [0, 0.05) is 12.5 Å². The summed E-state index contributed by atoms with van der Waals surface area (Å²) in [5.74, 6) is -1.32. The molecule has 0 aliphatic heterocycles. The number of benzene rings is 2. The molecule has 2 atom stereocenters. The molecule has 0 aromatic heterocycles. The lowest BCUT2D eigenvalue weighted by Crippen LogP contribution is -2.53. The molecule has 0 spiro atoms. The first-order chi connectivity index (χ1) is 16.6. The second-order valence-electron chi connectivity index (χ2n) is 10.3. The average Bonchev–Trinajstić information content (AvgIpc) is 3.35. The van der Waals surface area contributed by atoms with Gasteiger partial charge in [0.25, 0.3) is 0 Å². The molecule has 186 valence electrons. The van der Waals surface area contributed by atoms with E-state index < -0.39 is 29.3 Å². The van der Waals surface area contributed by atoms with E-state index in [-0.39, 0.29) is 37.8 Å². The van der Waals surface area contributed by atoms with Gasteiger partial charge in [-0.05, 0) is 68.2 Å². The normalized spacial score (nSPS) is 21.1. The molecule has 0 saturated heterocycles. The third-order valence-electron chi connectivity index (χ3n) is 6.64. The fourth-order valence-corrected chi connectivity index (χ4v) is 5.05. The Morgan fingerprint density at radius 1 is 1.00 bits per heavy atom. The van der Waals surface area contributed by atoms with E-state index >= 15 is 0 Å². The van der Waals surface area contributed by atoms with Crippen LogP contribution in [0.2, 0.25) is 0 Å². The molecule has 8 nitrogen and oxygen atoms in total. The lowest BCUT2D eigenvalue weighted by atomic mass is 9.96. The number of hydrogen-bond donors (Lipinski definition) is 3. The van der Waals surface area contributed by atoms with E-state index in [0.29, 0.717) is 6.42 Å². The Labute approximate surface area is 205 Å². The van der Waals surface area contributed by atoms with Crippen LogP contribution in [0.5, 0.6) is 0 Å². The second kappa shape index (κ2) is 9.60. The van der Waals surface area contributed by atoms with E-state index in [0.717, 1.165) is 22.3 Å². The Bertz CT molecular complexity index is 1080. The highest BCUT2D eigenvalue weighted by molar-refractivity contribution is 5.85. The van der Waals surface area contributed by atoms with Crippen molar-refractivity contribution in [1.29, 1.82) is 0 Å². The van der Waals surface area contributed by atoms with Crippen molar-refractivity contribution in [2.75, 3.05) is 13.2 Å². The van der Waals surface area contributed by atoms with Gasteiger partial charge in [0.15, 0.2) is 0 Å². The summed E-state index contributed by atoms with van der Waals surface area (Å²) in [6.45, 7) is 5.71. The van der Waals surface area contributed by atoms with Gasteiger partial charge in [-0.25, -0.2) is 14.4 Å².